The molecule has 0 radical (unpaired) electrons. The van der Waals surface area contributed by atoms with Crippen molar-refractivity contribution in [2.24, 2.45) is 0 Å². The molecule has 0 amide bonds. The molecule has 7 nitrogen and oxygen atoms in total. The van der Waals surface area contributed by atoms with Crippen molar-refractivity contribution in [3.63, 3.8) is 0 Å². The second-order valence-corrected chi connectivity index (χ2v) is 9.70. The van der Waals surface area contributed by atoms with Crippen LogP contribution in [0.15, 0.2) is 60.7 Å². The fraction of sp³-hybridized carbons (Fsp3) is 0.267. The van der Waals surface area contributed by atoms with Crippen LogP contribution in [0.4, 0.5) is 10.3 Å². The molecule has 0 spiro atoms. The largest absolute Gasteiger partial charge is 0.488 e. The fourth-order valence-corrected chi connectivity index (χ4v) is 5.40. The van der Waals surface area contributed by atoms with Gasteiger partial charge in [0.1, 0.15) is 18.2 Å². The van der Waals surface area contributed by atoms with E-state index in [2.05, 4.69) is 46.0 Å². The van der Waals surface area contributed by atoms with Gasteiger partial charge in [-0.3, -0.25) is 10.2 Å². The second kappa shape index (κ2) is 10.3. The smallest absolute Gasteiger partial charge is 0.217 e. The van der Waals surface area contributed by atoms with Crippen LogP contribution >= 0.6 is 0 Å². The summed E-state index contributed by atoms with van der Waals surface area (Å²) in [7, 11) is 0. The highest BCUT2D eigenvalue weighted by atomic mass is 19.1. The predicted molar refractivity (Wildman–Crippen MR) is 145 cm³/mol. The third-order valence-corrected chi connectivity index (χ3v) is 7.18. The molecular formula is C30H28FN5O2. The Morgan fingerprint density at radius 3 is 2.79 bits per heavy atom. The maximum Gasteiger partial charge on any atom is 0.217 e. The lowest BCUT2D eigenvalue weighted by atomic mass is 9.92. The molecule has 2 aliphatic heterocycles. The molecular weight excluding hydrogens is 481 g/mol. The third-order valence-electron chi connectivity index (χ3n) is 7.18. The lowest BCUT2D eigenvalue weighted by Crippen LogP contribution is -2.39. The summed E-state index contributed by atoms with van der Waals surface area (Å²) in [6.07, 6.45) is 4.13. The summed E-state index contributed by atoms with van der Waals surface area (Å²) in [6, 6.07) is 19.0. The Morgan fingerprint density at radius 1 is 1.11 bits per heavy atom. The van der Waals surface area contributed by atoms with Crippen LogP contribution in [-0.2, 0) is 11.3 Å². The Morgan fingerprint density at radius 2 is 1.95 bits per heavy atom. The van der Waals surface area contributed by atoms with E-state index in [4.69, 9.17) is 14.5 Å². The minimum Gasteiger partial charge on any atom is -0.488 e. The first-order valence-corrected chi connectivity index (χ1v) is 12.8. The number of imidazole rings is 1. The van der Waals surface area contributed by atoms with E-state index in [1.807, 2.05) is 30.5 Å². The minimum atomic E-state index is -0.329. The predicted octanol–water partition coefficient (Wildman–Crippen LogP) is 5.44. The number of morpholine rings is 1. The van der Waals surface area contributed by atoms with E-state index in [0.717, 1.165) is 71.7 Å². The first-order chi connectivity index (χ1) is 18.6. The molecule has 1 atom stereocenters. The van der Waals surface area contributed by atoms with Gasteiger partial charge >= 0.3 is 0 Å². The van der Waals surface area contributed by atoms with E-state index >= 15 is 0 Å². The van der Waals surface area contributed by atoms with Gasteiger partial charge in [0.05, 0.1) is 24.2 Å². The summed E-state index contributed by atoms with van der Waals surface area (Å²) in [6.45, 7) is 6.62. The number of hydrogen-bond donors (Lipinski definition) is 1. The van der Waals surface area contributed by atoms with Gasteiger partial charge in [-0.15, -0.1) is 0 Å². The van der Waals surface area contributed by atoms with Crippen molar-refractivity contribution in [3.8, 4) is 11.9 Å². The van der Waals surface area contributed by atoms with Crippen LogP contribution in [0.1, 0.15) is 35.2 Å². The van der Waals surface area contributed by atoms with E-state index in [1.54, 1.807) is 6.07 Å². The van der Waals surface area contributed by atoms with E-state index in [-0.39, 0.29) is 11.9 Å². The summed E-state index contributed by atoms with van der Waals surface area (Å²) in [4.78, 5) is 7.15. The molecule has 8 heteroatoms. The summed E-state index contributed by atoms with van der Waals surface area (Å²) in [5.74, 6) is 0.724. The SMILES string of the molecule is C[C@H](CN1CCOCC1)n1c(NC#N)nc2cc(/C=C3\c4ccccc4COc4cc(F)ccc43)ccc21. The Balaban J connectivity index is 1.42. The second-order valence-electron chi connectivity index (χ2n) is 9.70. The first-order valence-electron chi connectivity index (χ1n) is 12.8. The minimum absolute atomic E-state index is 0.103. The molecule has 1 fully saturated rings. The Hall–Kier alpha value is -4.19. The first kappa shape index (κ1) is 24.2. The van der Waals surface area contributed by atoms with E-state index < -0.39 is 0 Å². The number of hydrogen-bond acceptors (Lipinski definition) is 6. The highest BCUT2D eigenvalue weighted by molar-refractivity contribution is 5.96. The van der Waals surface area contributed by atoms with Gasteiger partial charge in [-0.1, -0.05) is 30.3 Å². The number of fused-ring (bicyclic) bond motifs is 3. The zero-order chi connectivity index (χ0) is 26.1. The lowest BCUT2D eigenvalue weighted by Gasteiger charge is -2.30. The molecule has 1 aromatic heterocycles. The summed E-state index contributed by atoms with van der Waals surface area (Å²) in [5.41, 5.74) is 6.60. The molecule has 192 valence electrons. The number of nitrogens with zero attached hydrogens (tertiary/aromatic N) is 4. The van der Waals surface area contributed by atoms with Gasteiger partial charge < -0.3 is 14.0 Å². The van der Waals surface area contributed by atoms with Crippen LogP contribution in [0.3, 0.4) is 0 Å². The molecule has 4 aromatic rings. The number of halogens is 1. The number of ether oxygens (including phenoxy) is 2. The van der Waals surface area contributed by atoms with E-state index in [0.29, 0.717) is 18.3 Å². The number of benzene rings is 3. The molecule has 0 saturated carbocycles. The van der Waals surface area contributed by atoms with E-state index in [1.165, 1.54) is 12.1 Å². The van der Waals surface area contributed by atoms with Crippen LogP contribution in [-0.4, -0.2) is 47.3 Å². The summed E-state index contributed by atoms with van der Waals surface area (Å²) >= 11 is 0. The highest BCUT2D eigenvalue weighted by Gasteiger charge is 2.22. The van der Waals surface area contributed by atoms with Crippen LogP contribution < -0.4 is 10.1 Å². The maximum absolute atomic E-state index is 14.1. The molecule has 2 aliphatic rings. The molecule has 3 heterocycles. The van der Waals surface area contributed by atoms with Gasteiger partial charge in [0.15, 0.2) is 6.19 Å². The van der Waals surface area contributed by atoms with E-state index in [9.17, 15) is 9.65 Å². The molecule has 6 rings (SSSR count). The van der Waals surface area contributed by atoms with Crippen molar-refractivity contribution in [2.75, 3.05) is 38.2 Å². The van der Waals surface area contributed by atoms with Crippen LogP contribution in [0.2, 0.25) is 0 Å². The molecule has 38 heavy (non-hydrogen) atoms. The Bertz CT molecular complexity index is 1560. The Labute approximate surface area is 220 Å². The number of nitrogens with one attached hydrogen (secondary N) is 1. The van der Waals surface area contributed by atoms with Crippen LogP contribution in [0.25, 0.3) is 22.7 Å². The zero-order valence-electron chi connectivity index (χ0n) is 21.2. The fourth-order valence-electron chi connectivity index (χ4n) is 5.40. The zero-order valence-corrected chi connectivity index (χ0v) is 21.2. The Kier molecular flexibility index (Phi) is 6.54. The van der Waals surface area contributed by atoms with Crippen molar-refractivity contribution >= 4 is 28.6 Å². The highest BCUT2D eigenvalue weighted by Crippen LogP contribution is 2.38. The quantitative estimate of drug-likeness (QED) is 0.285. The molecule has 0 aliphatic carbocycles. The monoisotopic (exact) mass is 509 g/mol. The van der Waals surface area contributed by atoms with Crippen LogP contribution in [0, 0.1) is 17.3 Å². The topological polar surface area (TPSA) is 75.3 Å². The third kappa shape index (κ3) is 4.62. The molecule has 0 unspecified atom stereocenters. The van der Waals surface area contributed by atoms with Crippen molar-refractivity contribution in [1.29, 1.82) is 5.26 Å². The number of anilines is 1. The van der Waals surface area contributed by atoms with Gasteiger partial charge in [0, 0.05) is 37.3 Å². The average molecular weight is 510 g/mol. The molecule has 1 N–H and O–H groups in total. The van der Waals surface area contributed by atoms with Gasteiger partial charge in [-0.25, -0.2) is 9.37 Å². The molecule has 1 saturated heterocycles. The summed E-state index contributed by atoms with van der Waals surface area (Å²) < 4.78 is 27.6. The number of aromatic nitrogens is 2. The van der Waals surface area contributed by atoms with Gasteiger partial charge in [0.2, 0.25) is 5.95 Å². The van der Waals surface area contributed by atoms with Crippen molar-refractivity contribution in [2.45, 2.75) is 19.6 Å². The van der Waals surface area contributed by atoms with Gasteiger partial charge in [-0.05, 0) is 59.5 Å². The normalized spacial score (nSPS) is 17.2. The van der Waals surface area contributed by atoms with Crippen molar-refractivity contribution in [3.05, 3.63) is 88.7 Å². The number of rotatable bonds is 5. The summed E-state index contributed by atoms with van der Waals surface area (Å²) in [5, 5.41) is 12.2. The van der Waals surface area contributed by atoms with Crippen LogP contribution in [0.5, 0.6) is 5.75 Å². The maximum atomic E-state index is 14.1. The van der Waals surface area contributed by atoms with Gasteiger partial charge in [-0.2, -0.15) is 5.26 Å². The number of nitriles is 1. The lowest BCUT2D eigenvalue weighted by molar-refractivity contribution is 0.0329. The van der Waals surface area contributed by atoms with Crippen molar-refractivity contribution < 1.29 is 13.9 Å². The standard InChI is InChI=1S/C30H28FN5O2/c1-20(17-35-10-12-37-13-11-35)36-28-9-6-21(15-27(28)34-30(36)33-19-32)14-26-24-5-3-2-4-22(24)18-38-29-16-23(31)7-8-25(26)29/h2-9,14-16,20H,10-13,17-18H2,1H3,(H,33,34)/b26-14+/t20-/m1/s1. The average Bonchev–Trinajstić information content (AvgIpc) is 3.21. The van der Waals surface area contributed by atoms with Gasteiger partial charge in [0.25, 0.3) is 0 Å². The molecule has 0 bridgehead atoms. The molecule has 3 aromatic carbocycles. The van der Waals surface area contributed by atoms with Crippen molar-refractivity contribution in [1.82, 2.24) is 14.5 Å².